The van der Waals surface area contributed by atoms with Gasteiger partial charge < -0.3 is 5.32 Å². The second kappa shape index (κ2) is 11.2. The van der Waals surface area contributed by atoms with Crippen LogP contribution in [0.15, 0.2) is 66.0 Å². The Morgan fingerprint density at radius 1 is 1.02 bits per heavy atom. The van der Waals surface area contributed by atoms with Crippen LogP contribution in [0.1, 0.15) is 66.1 Å². The summed E-state index contributed by atoms with van der Waals surface area (Å²) in [7, 11) is -3.92. The van der Waals surface area contributed by atoms with E-state index in [0.717, 1.165) is 35.7 Å². The van der Waals surface area contributed by atoms with E-state index >= 15 is 0 Å². The number of carbonyl (C=O) groups excluding carboxylic acids is 1. The summed E-state index contributed by atoms with van der Waals surface area (Å²) in [4.78, 5) is 15.6. The fraction of sp³-hybridized carbons (Fsp3) is 0.433. The Kier molecular flexibility index (Phi) is 7.46. The molecule has 3 heterocycles. The number of likely N-dealkylation sites (tertiary alicyclic amines) is 1. The minimum absolute atomic E-state index is 0.0708. The Morgan fingerprint density at radius 3 is 2.62 bits per heavy atom. The first kappa shape index (κ1) is 26.7. The number of sulfonamides is 1. The molecule has 3 aromatic rings. The van der Waals surface area contributed by atoms with Crippen molar-refractivity contribution in [3.63, 3.8) is 0 Å². The minimum atomic E-state index is -3.92. The van der Waals surface area contributed by atoms with Crippen molar-refractivity contribution >= 4 is 15.9 Å². The number of aryl methyl sites for hydroxylation is 2. The molecule has 0 spiro atoms. The number of fused-ring (bicyclic) bond motifs is 1. The molecule has 1 aromatic heterocycles. The lowest BCUT2D eigenvalue weighted by Crippen LogP contribution is -2.50. The predicted molar refractivity (Wildman–Crippen MR) is 152 cm³/mol. The maximum Gasteiger partial charge on any atom is 0.264 e. The maximum absolute atomic E-state index is 13.4. The SMILES string of the molecule is Cc1ccc(S(=O)(=O)N2C=CNC(=O)C2Cc2cn([C@@H]3CCCc4cc(CN5CCCCC5)ccc43)nn2)cc1. The molecule has 6 rings (SSSR count). The molecule has 3 aliphatic rings. The number of nitrogens with one attached hydrogen (secondary N) is 1. The highest BCUT2D eigenvalue weighted by atomic mass is 32.2. The zero-order chi connectivity index (χ0) is 27.7. The Morgan fingerprint density at radius 2 is 1.82 bits per heavy atom. The molecule has 2 aliphatic heterocycles. The van der Waals surface area contributed by atoms with Gasteiger partial charge >= 0.3 is 0 Å². The van der Waals surface area contributed by atoms with E-state index in [2.05, 4.69) is 38.7 Å². The summed E-state index contributed by atoms with van der Waals surface area (Å²) in [6, 6.07) is 12.6. The second-order valence-corrected chi connectivity index (χ2v) is 13.0. The van der Waals surface area contributed by atoms with Crippen LogP contribution < -0.4 is 5.32 Å². The van der Waals surface area contributed by atoms with Gasteiger partial charge in [-0.05, 0) is 80.9 Å². The zero-order valence-corrected chi connectivity index (χ0v) is 23.7. The van der Waals surface area contributed by atoms with Crippen LogP contribution >= 0.6 is 0 Å². The van der Waals surface area contributed by atoms with Crippen molar-refractivity contribution in [2.75, 3.05) is 13.1 Å². The van der Waals surface area contributed by atoms with Crippen molar-refractivity contribution in [3.8, 4) is 0 Å². The van der Waals surface area contributed by atoms with Gasteiger partial charge in [0.1, 0.15) is 6.04 Å². The lowest BCUT2D eigenvalue weighted by Gasteiger charge is -2.31. The predicted octanol–water partition coefficient (Wildman–Crippen LogP) is 3.70. The summed E-state index contributed by atoms with van der Waals surface area (Å²) in [6.07, 6.45) is 11.8. The summed E-state index contributed by atoms with van der Waals surface area (Å²) < 4.78 is 29.9. The molecule has 10 heteroatoms. The number of hydrogen-bond donors (Lipinski definition) is 1. The molecule has 1 amide bonds. The molecule has 9 nitrogen and oxygen atoms in total. The van der Waals surface area contributed by atoms with Gasteiger partial charge in [-0.2, -0.15) is 0 Å². The van der Waals surface area contributed by atoms with Gasteiger partial charge in [0.15, 0.2) is 0 Å². The van der Waals surface area contributed by atoms with E-state index in [4.69, 9.17) is 0 Å². The summed E-state index contributed by atoms with van der Waals surface area (Å²) >= 11 is 0. The van der Waals surface area contributed by atoms with Crippen LogP contribution in [0.4, 0.5) is 0 Å². The van der Waals surface area contributed by atoms with Gasteiger partial charge in [-0.25, -0.2) is 13.1 Å². The van der Waals surface area contributed by atoms with Gasteiger partial charge in [-0.15, -0.1) is 5.10 Å². The number of amides is 1. The molecule has 210 valence electrons. The number of aromatic nitrogens is 3. The molecule has 1 unspecified atom stereocenters. The topological polar surface area (TPSA) is 100 Å². The van der Waals surface area contributed by atoms with Crippen molar-refractivity contribution in [1.29, 1.82) is 0 Å². The third-order valence-electron chi connectivity index (χ3n) is 8.28. The second-order valence-electron chi connectivity index (χ2n) is 11.2. The largest absolute Gasteiger partial charge is 0.329 e. The average molecular weight is 561 g/mol. The van der Waals surface area contributed by atoms with Crippen LogP contribution in [-0.2, 0) is 34.2 Å². The Balaban J connectivity index is 1.20. The molecule has 2 atom stereocenters. The molecule has 0 bridgehead atoms. The zero-order valence-electron chi connectivity index (χ0n) is 22.9. The molecule has 1 N–H and O–H groups in total. The molecule has 1 fully saturated rings. The first-order valence-electron chi connectivity index (χ1n) is 14.2. The normalized spacial score (nSPS) is 21.7. The summed E-state index contributed by atoms with van der Waals surface area (Å²) in [6.45, 7) is 5.27. The highest BCUT2D eigenvalue weighted by Crippen LogP contribution is 2.34. The summed E-state index contributed by atoms with van der Waals surface area (Å²) in [5.74, 6) is -0.392. The minimum Gasteiger partial charge on any atom is -0.329 e. The number of carbonyl (C=O) groups is 1. The van der Waals surface area contributed by atoms with E-state index in [0.29, 0.717) is 5.69 Å². The van der Waals surface area contributed by atoms with Crippen molar-refractivity contribution < 1.29 is 13.2 Å². The maximum atomic E-state index is 13.4. The van der Waals surface area contributed by atoms with E-state index < -0.39 is 22.0 Å². The molecular weight excluding hydrogens is 524 g/mol. The molecule has 0 saturated carbocycles. The van der Waals surface area contributed by atoms with Crippen molar-refractivity contribution in [3.05, 3.63) is 89.0 Å². The highest BCUT2D eigenvalue weighted by Gasteiger charge is 2.36. The van der Waals surface area contributed by atoms with Crippen LogP contribution in [0.3, 0.4) is 0 Å². The monoisotopic (exact) mass is 560 g/mol. The smallest absolute Gasteiger partial charge is 0.264 e. The van der Waals surface area contributed by atoms with E-state index in [1.165, 1.54) is 61.4 Å². The molecule has 1 aliphatic carbocycles. The van der Waals surface area contributed by atoms with E-state index in [1.807, 2.05) is 17.8 Å². The Bertz CT molecular complexity index is 1510. The third kappa shape index (κ3) is 5.42. The standard InChI is InChI=1S/C30H36N6O3S/c1-22-8-11-26(12-9-22)40(38,39)36-17-14-31-30(37)29(36)19-25-21-35(33-32-25)28-7-5-6-24-18-23(10-13-27(24)28)20-34-15-3-2-4-16-34/h8-14,17-18,21,28-29H,2-7,15-16,19-20H2,1H3,(H,31,37)/t28-,29?/m1/s1. The average Bonchev–Trinajstić information content (AvgIpc) is 3.43. The van der Waals surface area contributed by atoms with Gasteiger partial charge in [-0.1, -0.05) is 47.5 Å². The van der Waals surface area contributed by atoms with E-state index in [9.17, 15) is 13.2 Å². The van der Waals surface area contributed by atoms with E-state index in [1.54, 1.807) is 24.3 Å². The van der Waals surface area contributed by atoms with E-state index in [-0.39, 0.29) is 17.4 Å². The van der Waals surface area contributed by atoms with Crippen LogP contribution in [0.25, 0.3) is 0 Å². The summed E-state index contributed by atoms with van der Waals surface area (Å²) in [5.41, 5.74) is 5.55. The fourth-order valence-electron chi connectivity index (χ4n) is 6.12. The summed E-state index contributed by atoms with van der Waals surface area (Å²) in [5, 5.41) is 11.5. The number of nitrogens with zero attached hydrogens (tertiary/aromatic N) is 5. The molecular formula is C30H36N6O3S. The molecule has 2 aromatic carbocycles. The van der Waals surface area contributed by atoms with Crippen molar-refractivity contribution in [1.82, 2.24) is 29.5 Å². The lowest BCUT2D eigenvalue weighted by atomic mass is 9.86. The van der Waals surface area contributed by atoms with Crippen LogP contribution in [0.5, 0.6) is 0 Å². The fourth-order valence-corrected chi connectivity index (χ4v) is 7.57. The van der Waals surface area contributed by atoms with Crippen LogP contribution in [0, 0.1) is 6.92 Å². The lowest BCUT2D eigenvalue weighted by molar-refractivity contribution is -0.124. The third-order valence-corrected chi connectivity index (χ3v) is 10.1. The number of piperidine rings is 1. The highest BCUT2D eigenvalue weighted by molar-refractivity contribution is 7.89. The Labute approximate surface area is 235 Å². The van der Waals surface area contributed by atoms with Gasteiger partial charge in [0.2, 0.25) is 5.91 Å². The first-order valence-corrected chi connectivity index (χ1v) is 15.6. The van der Waals surface area contributed by atoms with Crippen LogP contribution in [0.2, 0.25) is 0 Å². The van der Waals surface area contributed by atoms with Crippen molar-refractivity contribution in [2.45, 2.75) is 75.4 Å². The number of benzene rings is 2. The number of rotatable bonds is 7. The molecule has 40 heavy (non-hydrogen) atoms. The Hall–Kier alpha value is -3.50. The molecule has 0 radical (unpaired) electrons. The number of hydrogen-bond acceptors (Lipinski definition) is 6. The van der Waals surface area contributed by atoms with Crippen LogP contribution in [-0.4, -0.2) is 57.7 Å². The van der Waals surface area contributed by atoms with Gasteiger partial charge in [0, 0.05) is 31.6 Å². The first-order chi connectivity index (χ1) is 19.4. The van der Waals surface area contributed by atoms with Gasteiger partial charge in [-0.3, -0.25) is 14.0 Å². The quantitative estimate of drug-likeness (QED) is 0.473. The van der Waals surface area contributed by atoms with Gasteiger partial charge in [0.05, 0.1) is 16.6 Å². The molecule has 1 saturated heterocycles. The van der Waals surface area contributed by atoms with Crippen molar-refractivity contribution in [2.24, 2.45) is 0 Å². The van der Waals surface area contributed by atoms with Gasteiger partial charge in [0.25, 0.3) is 10.0 Å².